The van der Waals surface area contributed by atoms with Crippen LogP contribution in [0.1, 0.15) is 40.7 Å². The summed E-state index contributed by atoms with van der Waals surface area (Å²) in [6, 6.07) is 31.0. The fraction of sp³-hybridized carbons (Fsp3) is 0.317. The van der Waals surface area contributed by atoms with Crippen molar-refractivity contribution >= 4 is 35.0 Å². The molecule has 0 radical (unpaired) electrons. The van der Waals surface area contributed by atoms with E-state index in [0.29, 0.717) is 25.7 Å². The zero-order chi connectivity index (χ0) is 34.6. The molecule has 6 aliphatic rings. The molecule has 0 aromatic heterocycles. The lowest BCUT2D eigenvalue weighted by atomic mass is 9.54. The van der Waals surface area contributed by atoms with E-state index in [9.17, 15) is 19.2 Å². The van der Waals surface area contributed by atoms with Gasteiger partial charge in [-0.1, -0.05) is 91.0 Å². The Bertz CT molecular complexity index is 2160. The molecule has 6 aliphatic heterocycles. The van der Waals surface area contributed by atoms with E-state index in [1.165, 1.54) is 0 Å². The van der Waals surface area contributed by atoms with E-state index in [1.54, 1.807) is 9.80 Å². The van der Waals surface area contributed by atoms with E-state index in [4.69, 9.17) is 0 Å². The van der Waals surface area contributed by atoms with Crippen molar-refractivity contribution in [1.82, 2.24) is 20.4 Å². The number of benzene rings is 4. The van der Waals surface area contributed by atoms with Gasteiger partial charge in [0.2, 0.25) is 23.6 Å². The summed E-state index contributed by atoms with van der Waals surface area (Å²) in [4.78, 5) is 61.4. The molecule has 8 atom stereocenters. The Kier molecular flexibility index (Phi) is 6.33. The van der Waals surface area contributed by atoms with Gasteiger partial charge in [-0.25, -0.2) is 0 Å². The van der Waals surface area contributed by atoms with E-state index < -0.39 is 47.3 Å². The SMILES string of the molecule is Cc1ccccc1C[C@@H]1NC(=O)[C@@H]2C[C@]3([C@]45C[C@H]6C(=O)N[C@@H](Cc7ccccc7)C(=O)N6[C@H]4Nc4ccccc45)c4ccccc4N[C@@H]3N2C1=O. The minimum absolute atomic E-state index is 0.130. The Labute approximate surface area is 295 Å². The van der Waals surface area contributed by atoms with Gasteiger partial charge in [0.05, 0.1) is 10.8 Å². The van der Waals surface area contributed by atoms with Crippen molar-refractivity contribution in [2.45, 2.75) is 79.9 Å². The Morgan fingerprint density at radius 2 is 1.04 bits per heavy atom. The number of aryl methyl sites for hydroxylation is 1. The molecule has 4 N–H and O–H groups in total. The number of nitrogens with one attached hydrogen (secondary N) is 4. The fourth-order valence-electron chi connectivity index (χ4n) is 10.6. The highest BCUT2D eigenvalue weighted by molar-refractivity contribution is 6.01. The van der Waals surface area contributed by atoms with Gasteiger partial charge in [0.1, 0.15) is 36.5 Å². The first-order valence-electron chi connectivity index (χ1n) is 17.9. The second-order valence-electron chi connectivity index (χ2n) is 15.0. The highest BCUT2D eigenvalue weighted by Crippen LogP contribution is 2.68. The lowest BCUT2D eigenvalue weighted by Gasteiger charge is -2.48. The molecule has 10 nitrogen and oxygen atoms in total. The van der Waals surface area contributed by atoms with Crippen LogP contribution in [0, 0.1) is 6.92 Å². The van der Waals surface area contributed by atoms with Gasteiger partial charge in [0.25, 0.3) is 0 Å². The number of carbonyl (C=O) groups is 4. The summed E-state index contributed by atoms with van der Waals surface area (Å²) in [5, 5.41) is 13.6. The van der Waals surface area contributed by atoms with Crippen molar-refractivity contribution in [3.63, 3.8) is 0 Å². The molecule has 4 fully saturated rings. The maximum atomic E-state index is 14.8. The molecule has 256 valence electrons. The fourth-order valence-corrected chi connectivity index (χ4v) is 10.6. The highest BCUT2D eigenvalue weighted by atomic mass is 16.2. The molecule has 6 heterocycles. The molecule has 10 rings (SSSR count). The molecule has 0 saturated carbocycles. The zero-order valence-corrected chi connectivity index (χ0v) is 28.1. The molecule has 4 amide bonds. The van der Waals surface area contributed by atoms with Crippen LogP contribution < -0.4 is 21.3 Å². The smallest absolute Gasteiger partial charge is 0.247 e. The van der Waals surface area contributed by atoms with Crippen LogP contribution in [-0.2, 0) is 42.8 Å². The average Bonchev–Trinajstić information content (AvgIpc) is 3.85. The van der Waals surface area contributed by atoms with Gasteiger partial charge in [-0.15, -0.1) is 0 Å². The number of amides is 4. The van der Waals surface area contributed by atoms with Crippen LogP contribution in [0.5, 0.6) is 0 Å². The van der Waals surface area contributed by atoms with Crippen LogP contribution in [0.2, 0.25) is 0 Å². The number of para-hydroxylation sites is 2. The van der Waals surface area contributed by atoms with Crippen LogP contribution >= 0.6 is 0 Å². The van der Waals surface area contributed by atoms with Crippen LogP contribution in [0.25, 0.3) is 0 Å². The number of piperazine rings is 2. The first kappa shape index (κ1) is 30.2. The molecule has 0 bridgehead atoms. The lowest BCUT2D eigenvalue weighted by Crippen LogP contribution is -2.67. The van der Waals surface area contributed by atoms with Gasteiger partial charge in [0, 0.05) is 24.2 Å². The summed E-state index contributed by atoms with van der Waals surface area (Å²) < 4.78 is 0. The zero-order valence-electron chi connectivity index (χ0n) is 28.1. The maximum Gasteiger partial charge on any atom is 0.247 e. The number of nitrogens with zero attached hydrogens (tertiary/aromatic N) is 2. The molecule has 0 spiro atoms. The summed E-state index contributed by atoms with van der Waals surface area (Å²) in [5.74, 6) is -0.625. The highest BCUT2D eigenvalue weighted by Gasteiger charge is 2.78. The second kappa shape index (κ2) is 10.7. The largest absolute Gasteiger partial charge is 0.364 e. The first-order valence-corrected chi connectivity index (χ1v) is 17.9. The molecular weight excluding hydrogens is 640 g/mol. The van der Waals surface area contributed by atoms with Crippen molar-refractivity contribution in [1.29, 1.82) is 0 Å². The van der Waals surface area contributed by atoms with E-state index in [0.717, 1.165) is 39.2 Å². The molecule has 0 unspecified atom stereocenters. The molecule has 51 heavy (non-hydrogen) atoms. The van der Waals surface area contributed by atoms with E-state index in [-0.39, 0.29) is 23.6 Å². The molecule has 0 aliphatic carbocycles. The maximum absolute atomic E-state index is 14.8. The monoisotopic (exact) mass is 678 g/mol. The van der Waals surface area contributed by atoms with Crippen LogP contribution in [0.4, 0.5) is 11.4 Å². The Hall–Kier alpha value is -5.64. The summed E-state index contributed by atoms with van der Waals surface area (Å²) in [5.41, 5.74) is 5.10. The number of carbonyl (C=O) groups excluding carboxylic acids is 4. The Balaban J connectivity index is 1.12. The average molecular weight is 679 g/mol. The summed E-state index contributed by atoms with van der Waals surface area (Å²) in [6.07, 6.45) is 0.270. The number of hydrogen-bond donors (Lipinski definition) is 4. The normalized spacial score (nSPS) is 32.5. The van der Waals surface area contributed by atoms with Gasteiger partial charge >= 0.3 is 0 Å². The molecule has 4 saturated heterocycles. The van der Waals surface area contributed by atoms with Crippen molar-refractivity contribution in [3.05, 3.63) is 131 Å². The standard InChI is InChI=1S/C41H38N6O4/c1-23-11-5-6-14-25(23)20-31-37(51)47-33(35(49)43-31)22-41(27-16-8-10-18-29(27)45-39(41)47)40-21-32-34(48)42-30(19-24-12-3-2-4-13-24)36(50)46(32)38(40)44-28-17-9-7-15-26(28)40/h2-18,30-33,38-39,44-45H,19-22H2,1H3,(H,42,48)(H,43,49)/t30-,31-,32-,33-,38+,39+,40-,41-/m0/s1. The Morgan fingerprint density at radius 3 is 1.59 bits per heavy atom. The molecule has 10 heteroatoms. The number of hydrogen-bond acceptors (Lipinski definition) is 6. The third kappa shape index (κ3) is 3.93. The third-order valence-corrected chi connectivity index (χ3v) is 12.7. The van der Waals surface area contributed by atoms with Crippen LogP contribution in [0.3, 0.4) is 0 Å². The minimum atomic E-state index is -0.865. The molecule has 4 aromatic rings. The van der Waals surface area contributed by atoms with Gasteiger partial charge in [-0.05, 0) is 59.7 Å². The van der Waals surface area contributed by atoms with Crippen molar-refractivity contribution in [3.8, 4) is 0 Å². The topological polar surface area (TPSA) is 123 Å². The third-order valence-electron chi connectivity index (χ3n) is 12.7. The number of fused-ring (bicyclic) bond motifs is 11. The van der Waals surface area contributed by atoms with Crippen molar-refractivity contribution in [2.75, 3.05) is 10.6 Å². The van der Waals surface area contributed by atoms with Crippen LogP contribution in [-0.4, -0.2) is 69.9 Å². The minimum Gasteiger partial charge on any atom is -0.364 e. The summed E-state index contributed by atoms with van der Waals surface area (Å²) in [7, 11) is 0. The first-order chi connectivity index (χ1) is 24.8. The predicted octanol–water partition coefficient (Wildman–Crippen LogP) is 3.36. The number of rotatable bonds is 5. The molecular formula is C41H38N6O4. The van der Waals surface area contributed by atoms with E-state index in [2.05, 4.69) is 33.4 Å². The lowest BCUT2D eigenvalue weighted by molar-refractivity contribution is -0.149. The van der Waals surface area contributed by atoms with Gasteiger partial charge in [0.15, 0.2) is 0 Å². The number of anilines is 2. The van der Waals surface area contributed by atoms with Crippen LogP contribution in [0.15, 0.2) is 103 Å². The van der Waals surface area contributed by atoms with Crippen molar-refractivity contribution < 1.29 is 19.2 Å². The predicted molar refractivity (Wildman–Crippen MR) is 190 cm³/mol. The van der Waals surface area contributed by atoms with E-state index >= 15 is 0 Å². The van der Waals surface area contributed by atoms with Gasteiger partial charge in [-0.3, -0.25) is 19.2 Å². The second-order valence-corrected chi connectivity index (χ2v) is 15.0. The Morgan fingerprint density at radius 1 is 0.569 bits per heavy atom. The van der Waals surface area contributed by atoms with Gasteiger partial charge in [-0.2, -0.15) is 0 Å². The molecule has 4 aromatic carbocycles. The summed E-state index contributed by atoms with van der Waals surface area (Å²) in [6.45, 7) is 2.02. The quantitative estimate of drug-likeness (QED) is 0.257. The van der Waals surface area contributed by atoms with Crippen molar-refractivity contribution in [2.24, 2.45) is 0 Å². The summed E-state index contributed by atoms with van der Waals surface area (Å²) >= 11 is 0. The van der Waals surface area contributed by atoms with E-state index in [1.807, 2.05) is 97.9 Å². The van der Waals surface area contributed by atoms with Gasteiger partial charge < -0.3 is 31.1 Å².